The number of carbonyl (C=O) groups excluding carboxylic acids is 7. The fourth-order valence-corrected chi connectivity index (χ4v) is 17.1. The quantitative estimate of drug-likeness (QED) is 0.134. The van der Waals surface area contributed by atoms with Crippen molar-refractivity contribution in [1.29, 1.82) is 0 Å². The molecule has 0 radical (unpaired) electrons. The second-order valence-electron chi connectivity index (χ2n) is 19.9. The van der Waals surface area contributed by atoms with Gasteiger partial charge in [-0.2, -0.15) is 0 Å². The van der Waals surface area contributed by atoms with Crippen molar-refractivity contribution in [2.45, 2.75) is 122 Å². The molecule has 3 aromatic carbocycles. The Bertz CT molecular complexity index is 2510. The molecule has 2 saturated carbocycles. The van der Waals surface area contributed by atoms with Crippen molar-refractivity contribution in [1.82, 2.24) is 9.80 Å². The number of rotatable bonds is 7. The van der Waals surface area contributed by atoms with Crippen molar-refractivity contribution in [3.63, 3.8) is 0 Å². The molecule has 2 saturated heterocycles. The van der Waals surface area contributed by atoms with Gasteiger partial charge < -0.3 is 24.3 Å². The molecule has 0 bridgehead atoms. The minimum absolute atomic E-state index is 0.0142. The monoisotopic (exact) mass is 1100 g/mol. The summed E-state index contributed by atoms with van der Waals surface area (Å²) < 4.78 is 85.7. The van der Waals surface area contributed by atoms with Crippen LogP contribution in [-0.4, -0.2) is 100 Å². The van der Waals surface area contributed by atoms with E-state index in [1.54, 1.807) is 47.6 Å². The molecule has 5 aliphatic rings. The van der Waals surface area contributed by atoms with Gasteiger partial charge in [0.05, 0.1) is 18.7 Å². The van der Waals surface area contributed by atoms with Crippen molar-refractivity contribution < 1.29 is 78.0 Å². The largest absolute Gasteiger partial charge is 0.444 e. The maximum absolute atomic E-state index is 13.6. The maximum atomic E-state index is 13.6. The maximum Gasteiger partial charge on any atom is 0.410 e. The predicted octanol–water partition coefficient (Wildman–Crippen LogP) is 8.61. The minimum Gasteiger partial charge on any atom is -0.444 e. The van der Waals surface area contributed by atoms with E-state index in [1.165, 1.54) is 52.3 Å². The Morgan fingerprint density at radius 1 is 0.700 bits per heavy atom. The zero-order chi connectivity index (χ0) is 52.0. The van der Waals surface area contributed by atoms with Crippen LogP contribution in [0.25, 0.3) is 0 Å². The molecule has 3 aliphatic heterocycles. The van der Waals surface area contributed by atoms with Crippen LogP contribution in [0.15, 0.2) is 60.7 Å². The Labute approximate surface area is 405 Å². The Hall–Kier alpha value is -5.84. The number of halogens is 5. The second kappa shape index (κ2) is 19.4. The van der Waals surface area contributed by atoms with E-state index in [9.17, 15) is 56.2 Å². The summed E-state index contributed by atoms with van der Waals surface area (Å²) in [6, 6.07) is 11.9. The number of amides is 2. The molecule has 70 heavy (non-hydrogen) atoms. The van der Waals surface area contributed by atoms with Crippen LogP contribution in [0, 0.1) is 38.7 Å². The van der Waals surface area contributed by atoms with Gasteiger partial charge in [0.2, 0.25) is 0 Å². The summed E-state index contributed by atoms with van der Waals surface area (Å²) in [4.78, 5) is 85.9. The van der Waals surface area contributed by atoms with E-state index >= 15 is 0 Å². The van der Waals surface area contributed by atoms with E-state index in [2.05, 4.69) is 0 Å². The van der Waals surface area contributed by atoms with Gasteiger partial charge in [-0.3, -0.25) is 4.90 Å². The smallest absolute Gasteiger partial charge is 0.410 e. The summed E-state index contributed by atoms with van der Waals surface area (Å²) in [6.07, 6.45) is 2.24. The van der Waals surface area contributed by atoms with Crippen molar-refractivity contribution in [3.8, 4) is 0 Å². The molecule has 3 heterocycles. The van der Waals surface area contributed by atoms with Gasteiger partial charge in [-0.1, -0.05) is 0 Å². The number of ether oxygens (including phenoxy) is 2. The van der Waals surface area contributed by atoms with Crippen LogP contribution in [0.4, 0.5) is 27.2 Å². The fourth-order valence-electron chi connectivity index (χ4n) is 9.31. The zero-order valence-corrected chi connectivity index (χ0v) is 42.3. The molecule has 2 unspecified atom stereocenters. The molecule has 4 fully saturated rings. The van der Waals surface area contributed by atoms with Gasteiger partial charge in [0.25, 0.3) is 0 Å². The fraction of sp³-hybridized carbons (Fsp3) is 0.490. The summed E-state index contributed by atoms with van der Waals surface area (Å²) in [5, 5.41) is 9.62. The standard InChI is InChI=1S/C18H23F2NO3.C18H21F2NO3.C13H13IO8/c2*1-17(2,3)24-16(23)21-10-18(8-12(18)6-15(21)9-22)11-4-13(19)7-14(20)5-11;1-8(15)19-14(20-9(2)16,21-10(3)17)12-7-5-4-6-11(12)13(18)22-14/h4-5,7,12,15,22H,6,8-10H2,1-3H3;4-5,7,9,12,15H,6,8,10H2,1-3H3;4-7H,1-3H3/t2*12-,15?,18-;/m11./s1. The Morgan fingerprint density at radius 3 is 1.53 bits per heavy atom. The number of aldehydes is 1. The number of piperidine rings is 2. The van der Waals surface area contributed by atoms with Gasteiger partial charge in [0, 0.05) is 36.1 Å². The molecule has 0 spiro atoms. The topological polar surface area (TPSA) is 202 Å². The number of likely N-dealkylation sites (tertiary alicyclic amines) is 2. The predicted molar refractivity (Wildman–Crippen MR) is 248 cm³/mol. The van der Waals surface area contributed by atoms with E-state index in [-0.39, 0.29) is 40.2 Å². The minimum atomic E-state index is -6.03. The van der Waals surface area contributed by atoms with E-state index in [4.69, 9.17) is 21.7 Å². The zero-order valence-electron chi connectivity index (χ0n) is 40.1. The summed E-state index contributed by atoms with van der Waals surface area (Å²) in [7, 11) is 0. The number of aliphatic hydroxyl groups is 1. The van der Waals surface area contributed by atoms with Gasteiger partial charge in [-0.05, 0) is 114 Å². The molecule has 0 aromatic heterocycles. The van der Waals surface area contributed by atoms with Crippen LogP contribution in [0.1, 0.15) is 109 Å². The third-order valence-electron chi connectivity index (χ3n) is 12.1. The first kappa shape index (κ1) is 53.5. The first-order valence-electron chi connectivity index (χ1n) is 22.3. The van der Waals surface area contributed by atoms with Gasteiger partial charge >= 0.3 is 140 Å². The Morgan fingerprint density at radius 2 is 1.11 bits per heavy atom. The van der Waals surface area contributed by atoms with Gasteiger partial charge in [0.15, 0.2) is 0 Å². The summed E-state index contributed by atoms with van der Waals surface area (Å²) in [5.74, 6) is -5.77. The van der Waals surface area contributed by atoms with E-state index in [0.29, 0.717) is 36.9 Å². The molecule has 6 atom stereocenters. The van der Waals surface area contributed by atoms with Crippen molar-refractivity contribution >= 4 is 61.1 Å². The van der Waals surface area contributed by atoms with Gasteiger partial charge in [-0.25, -0.2) is 27.2 Å². The van der Waals surface area contributed by atoms with Crippen molar-refractivity contribution in [2.75, 3.05) is 19.7 Å². The van der Waals surface area contributed by atoms with Crippen LogP contribution < -0.4 is 0 Å². The van der Waals surface area contributed by atoms with E-state index in [0.717, 1.165) is 45.6 Å². The number of hydrogen-bond acceptors (Lipinski definition) is 14. The normalized spacial score (nSPS) is 25.9. The number of benzene rings is 3. The Kier molecular flexibility index (Phi) is 14.8. The molecular formula is C49H57F4IN2O14. The van der Waals surface area contributed by atoms with E-state index < -0.39 is 106 Å². The first-order valence-corrected chi connectivity index (χ1v) is 26.9. The molecule has 16 nitrogen and oxygen atoms in total. The van der Waals surface area contributed by atoms with Crippen LogP contribution in [0.3, 0.4) is 0 Å². The molecule has 1 N–H and O–H groups in total. The molecule has 382 valence electrons. The second-order valence-corrected chi connectivity index (χ2v) is 26.7. The van der Waals surface area contributed by atoms with Crippen LogP contribution in [0.5, 0.6) is 0 Å². The van der Waals surface area contributed by atoms with Crippen LogP contribution >= 0.6 is 18.7 Å². The molecule has 8 rings (SSSR count). The molecule has 21 heteroatoms. The van der Waals surface area contributed by atoms with Gasteiger partial charge in [-0.15, -0.1) is 0 Å². The number of carbonyl (C=O) groups is 7. The summed E-state index contributed by atoms with van der Waals surface area (Å²) >= 11 is -6.03. The SMILES string of the molecule is CC(=O)OI1(OC(C)=O)(OC(C)=O)OC(=O)c2ccccc21.CC(C)(C)OC(=O)N1C[C@@]2(c3cc(F)cc(F)c3)C[C@H]2CC1C=O.CC(C)(C)OC(=O)N1C[C@@]2(c3cc(F)cc(F)c3)C[C@H]2CC1CO. The molecular weight excluding hydrogens is 1040 g/mol. The average molecular weight is 1100 g/mol. The number of fused-ring (bicyclic) bond motifs is 3. The molecule has 3 aromatic rings. The molecule has 2 aliphatic carbocycles. The first-order chi connectivity index (χ1) is 32.5. The average Bonchev–Trinajstić information content (AvgIpc) is 4.12. The third-order valence-corrected chi connectivity index (χ3v) is 20.3. The summed E-state index contributed by atoms with van der Waals surface area (Å²) in [5.41, 5.74) is -1.11. The molecule has 2 amide bonds. The van der Waals surface area contributed by atoms with E-state index in [1.807, 2.05) is 0 Å². The van der Waals surface area contributed by atoms with Crippen LogP contribution in [0.2, 0.25) is 0 Å². The number of aliphatic hydroxyl groups excluding tert-OH is 1. The van der Waals surface area contributed by atoms with Gasteiger partial charge in [0.1, 0.15) is 40.8 Å². The van der Waals surface area contributed by atoms with Crippen LogP contribution in [-0.2, 0) is 51.7 Å². The van der Waals surface area contributed by atoms with Crippen molar-refractivity contribution in [2.24, 2.45) is 11.8 Å². The van der Waals surface area contributed by atoms with Crippen molar-refractivity contribution in [3.05, 3.63) is 104 Å². The third kappa shape index (κ3) is 11.3. The number of hydrogen-bond donors (Lipinski definition) is 1. The Balaban J connectivity index is 0.000000172. The number of nitrogens with zero attached hydrogens (tertiary/aromatic N) is 2. The summed E-state index contributed by atoms with van der Waals surface area (Å²) in [6.45, 7) is 14.1.